The highest BCUT2D eigenvalue weighted by Gasteiger charge is 2.27. The number of ether oxygens (including phenoxy) is 1. The Morgan fingerprint density at radius 1 is 0.867 bits per heavy atom. The first-order valence-corrected chi connectivity index (χ1v) is 11.7. The SMILES string of the molecule is CCCCCCCCCCCC[N+](CCO)(CCOC(C)=O)Cc1ccccc1.[Cl-]. The van der Waals surface area contributed by atoms with E-state index in [1.165, 1.54) is 70.3 Å². The predicted octanol–water partition coefficient (Wildman–Crippen LogP) is 2.48. The fraction of sp³-hybridized carbons (Fsp3) is 0.720. The van der Waals surface area contributed by atoms with Crippen molar-refractivity contribution in [2.24, 2.45) is 0 Å². The molecule has 0 saturated heterocycles. The van der Waals surface area contributed by atoms with Gasteiger partial charge in [0.25, 0.3) is 0 Å². The number of aliphatic hydroxyl groups excluding tert-OH is 1. The second-order valence-corrected chi connectivity index (χ2v) is 8.40. The number of quaternary nitrogens is 1. The van der Waals surface area contributed by atoms with Gasteiger partial charge < -0.3 is 26.7 Å². The Hall–Kier alpha value is -1.10. The highest BCUT2D eigenvalue weighted by molar-refractivity contribution is 5.65. The van der Waals surface area contributed by atoms with Crippen molar-refractivity contribution in [2.45, 2.75) is 84.6 Å². The molecule has 30 heavy (non-hydrogen) atoms. The number of rotatable bonds is 18. The minimum atomic E-state index is -0.231. The first-order valence-electron chi connectivity index (χ1n) is 11.7. The molecule has 1 unspecified atom stereocenters. The topological polar surface area (TPSA) is 46.5 Å². The summed E-state index contributed by atoms with van der Waals surface area (Å²) in [6.45, 7) is 7.65. The number of carbonyl (C=O) groups is 1. The molecule has 0 aromatic heterocycles. The molecule has 0 fully saturated rings. The van der Waals surface area contributed by atoms with E-state index >= 15 is 0 Å². The standard InChI is InChI=1S/C25H44NO3.ClH/c1-3-4-5-6-7-8-9-10-11-15-18-26(19-21-27,20-22-29-24(2)28)23-25-16-13-12-14-17-25;/h12-14,16-17,27H,3-11,15,18-23H2,1-2H3;1H/q+1;/p-1. The Balaban J connectivity index is 0.00000841. The molecule has 1 rings (SSSR count). The second kappa shape index (κ2) is 18.7. The van der Waals surface area contributed by atoms with E-state index in [1.54, 1.807) is 0 Å². The van der Waals surface area contributed by atoms with E-state index in [0.717, 1.165) is 30.5 Å². The zero-order valence-electron chi connectivity index (χ0n) is 19.3. The highest BCUT2D eigenvalue weighted by Crippen LogP contribution is 2.18. The number of aliphatic hydroxyl groups is 1. The van der Waals surface area contributed by atoms with Gasteiger partial charge in [0.1, 0.15) is 26.2 Å². The van der Waals surface area contributed by atoms with Crippen molar-refractivity contribution in [1.29, 1.82) is 0 Å². The van der Waals surface area contributed by atoms with Crippen molar-refractivity contribution in [3.05, 3.63) is 35.9 Å². The molecule has 0 bridgehead atoms. The van der Waals surface area contributed by atoms with Crippen LogP contribution in [0.1, 0.15) is 83.6 Å². The van der Waals surface area contributed by atoms with Crippen molar-refractivity contribution in [1.82, 2.24) is 0 Å². The number of esters is 1. The normalized spacial score (nSPS) is 12.8. The Kier molecular flexibility index (Phi) is 18.0. The predicted molar refractivity (Wildman–Crippen MR) is 121 cm³/mol. The van der Waals surface area contributed by atoms with Crippen LogP contribution < -0.4 is 12.4 Å². The third-order valence-corrected chi connectivity index (χ3v) is 5.79. The van der Waals surface area contributed by atoms with Crippen LogP contribution in [0, 0.1) is 0 Å². The molecular weight excluding hydrogens is 398 g/mol. The van der Waals surface area contributed by atoms with Crippen LogP contribution in [0.2, 0.25) is 0 Å². The third kappa shape index (κ3) is 14.0. The summed E-state index contributed by atoms with van der Waals surface area (Å²) in [7, 11) is 0. The molecule has 0 radical (unpaired) electrons. The number of benzene rings is 1. The molecule has 0 amide bonds. The Morgan fingerprint density at radius 2 is 1.43 bits per heavy atom. The summed E-state index contributed by atoms with van der Waals surface area (Å²) in [5.74, 6) is -0.231. The molecule has 0 heterocycles. The summed E-state index contributed by atoms with van der Waals surface area (Å²) >= 11 is 0. The molecule has 0 aliphatic carbocycles. The lowest BCUT2D eigenvalue weighted by atomic mass is 10.1. The molecule has 0 aliphatic rings. The first-order chi connectivity index (χ1) is 14.1. The van der Waals surface area contributed by atoms with Gasteiger partial charge in [-0.05, 0) is 12.8 Å². The molecule has 0 spiro atoms. The minimum Gasteiger partial charge on any atom is -1.00 e. The van der Waals surface area contributed by atoms with Crippen molar-refractivity contribution >= 4 is 5.97 Å². The largest absolute Gasteiger partial charge is 1.00 e. The zero-order chi connectivity index (χ0) is 21.2. The lowest BCUT2D eigenvalue weighted by Crippen LogP contribution is -3.00. The van der Waals surface area contributed by atoms with E-state index in [0.29, 0.717) is 13.2 Å². The van der Waals surface area contributed by atoms with Crippen molar-refractivity contribution in [2.75, 3.05) is 32.8 Å². The summed E-state index contributed by atoms with van der Waals surface area (Å²) in [4.78, 5) is 11.2. The number of hydrogen-bond acceptors (Lipinski definition) is 3. The summed E-state index contributed by atoms with van der Waals surface area (Å²) in [5.41, 5.74) is 1.27. The number of unbranched alkanes of at least 4 members (excludes halogenated alkanes) is 9. The molecule has 1 N–H and O–H groups in total. The van der Waals surface area contributed by atoms with Gasteiger partial charge in [-0.1, -0.05) is 88.6 Å². The summed E-state index contributed by atoms with van der Waals surface area (Å²) in [6.07, 6.45) is 13.2. The molecule has 0 aliphatic heterocycles. The van der Waals surface area contributed by atoms with Crippen LogP contribution in [0.5, 0.6) is 0 Å². The van der Waals surface area contributed by atoms with Gasteiger partial charge in [-0.3, -0.25) is 4.79 Å². The van der Waals surface area contributed by atoms with E-state index < -0.39 is 0 Å². The maximum atomic E-state index is 11.2. The van der Waals surface area contributed by atoms with E-state index in [-0.39, 0.29) is 25.0 Å². The van der Waals surface area contributed by atoms with E-state index in [2.05, 4.69) is 31.2 Å². The zero-order valence-corrected chi connectivity index (χ0v) is 20.0. The fourth-order valence-electron chi connectivity index (χ4n) is 4.07. The van der Waals surface area contributed by atoms with Gasteiger partial charge in [0.05, 0.1) is 13.2 Å². The number of hydrogen-bond donors (Lipinski definition) is 1. The maximum Gasteiger partial charge on any atom is 0.302 e. The van der Waals surface area contributed by atoms with Crippen LogP contribution in [-0.4, -0.2) is 48.4 Å². The molecule has 4 nitrogen and oxygen atoms in total. The van der Waals surface area contributed by atoms with Crippen molar-refractivity contribution < 1.29 is 31.5 Å². The van der Waals surface area contributed by atoms with E-state index in [1.807, 2.05) is 6.07 Å². The molecule has 1 aromatic carbocycles. The first kappa shape index (κ1) is 28.9. The van der Waals surface area contributed by atoms with Gasteiger partial charge in [0.2, 0.25) is 0 Å². The summed E-state index contributed by atoms with van der Waals surface area (Å²) in [5, 5.41) is 9.73. The summed E-state index contributed by atoms with van der Waals surface area (Å²) in [6, 6.07) is 10.5. The Bertz CT molecular complexity index is 526. The average Bonchev–Trinajstić information content (AvgIpc) is 2.70. The van der Waals surface area contributed by atoms with Gasteiger partial charge in [0.15, 0.2) is 0 Å². The second-order valence-electron chi connectivity index (χ2n) is 8.40. The molecule has 5 heteroatoms. The third-order valence-electron chi connectivity index (χ3n) is 5.79. The van der Waals surface area contributed by atoms with Gasteiger partial charge in [0, 0.05) is 12.5 Å². The van der Waals surface area contributed by atoms with Gasteiger partial charge in [-0.15, -0.1) is 0 Å². The fourth-order valence-corrected chi connectivity index (χ4v) is 4.07. The van der Waals surface area contributed by atoms with Crippen LogP contribution in [-0.2, 0) is 16.1 Å². The van der Waals surface area contributed by atoms with Gasteiger partial charge >= 0.3 is 5.97 Å². The van der Waals surface area contributed by atoms with Crippen molar-refractivity contribution in [3.8, 4) is 0 Å². The van der Waals surface area contributed by atoms with Gasteiger partial charge in [-0.25, -0.2) is 0 Å². The quantitative estimate of drug-likeness (QED) is 0.216. The van der Waals surface area contributed by atoms with Crippen molar-refractivity contribution in [3.63, 3.8) is 0 Å². The highest BCUT2D eigenvalue weighted by atomic mass is 35.5. The maximum absolute atomic E-state index is 11.2. The monoisotopic (exact) mass is 441 g/mol. The van der Waals surface area contributed by atoms with Crippen LogP contribution in [0.4, 0.5) is 0 Å². The number of halogens is 1. The van der Waals surface area contributed by atoms with E-state index in [4.69, 9.17) is 4.74 Å². The Morgan fingerprint density at radius 3 is 1.97 bits per heavy atom. The minimum absolute atomic E-state index is 0. The molecule has 1 atom stereocenters. The average molecular weight is 442 g/mol. The lowest BCUT2D eigenvalue weighted by Gasteiger charge is -2.38. The van der Waals surface area contributed by atoms with Crippen LogP contribution in [0.25, 0.3) is 0 Å². The number of nitrogens with zero attached hydrogens (tertiary/aromatic N) is 1. The molecule has 0 saturated carbocycles. The van der Waals surface area contributed by atoms with Crippen LogP contribution >= 0.6 is 0 Å². The van der Waals surface area contributed by atoms with Crippen LogP contribution in [0.3, 0.4) is 0 Å². The molecule has 1 aromatic rings. The lowest BCUT2D eigenvalue weighted by molar-refractivity contribution is -0.941. The number of carbonyl (C=O) groups excluding carboxylic acids is 1. The Labute approximate surface area is 191 Å². The van der Waals surface area contributed by atoms with Crippen LogP contribution in [0.15, 0.2) is 30.3 Å². The molecular formula is C25H44ClNO3. The van der Waals surface area contributed by atoms with E-state index in [9.17, 15) is 9.90 Å². The van der Waals surface area contributed by atoms with Gasteiger partial charge in [-0.2, -0.15) is 0 Å². The summed E-state index contributed by atoms with van der Waals surface area (Å²) < 4.78 is 6.03. The molecule has 174 valence electrons. The smallest absolute Gasteiger partial charge is 0.302 e.